The number of rotatable bonds is 7. The maximum absolute atomic E-state index is 13.0. The van der Waals surface area contributed by atoms with Crippen molar-refractivity contribution in [3.8, 4) is 0 Å². The average Bonchev–Trinajstić information content (AvgIpc) is 2.62. The lowest BCUT2D eigenvalue weighted by molar-refractivity contribution is -0.308. The molecule has 2 N–H and O–H groups in total. The molecule has 0 fully saturated rings. The summed E-state index contributed by atoms with van der Waals surface area (Å²) in [5.41, 5.74) is 1.01. The molecule has 0 spiro atoms. The molecule has 0 saturated heterocycles. The van der Waals surface area contributed by atoms with Gasteiger partial charge in [-0.3, -0.25) is 9.59 Å². The summed E-state index contributed by atoms with van der Waals surface area (Å²) in [5, 5.41) is 16.1. The Kier molecular flexibility index (Phi) is 6.82. The van der Waals surface area contributed by atoms with Gasteiger partial charge in [-0.1, -0.05) is 42.5 Å². The number of amides is 2. The van der Waals surface area contributed by atoms with Gasteiger partial charge in [0.05, 0.1) is 12.0 Å². The molecule has 0 aliphatic carbocycles. The molecular formula is C20H18FN2O4-. The van der Waals surface area contributed by atoms with Gasteiger partial charge < -0.3 is 20.5 Å². The van der Waals surface area contributed by atoms with E-state index in [1.807, 2.05) is 0 Å². The molecule has 2 rings (SSSR count). The van der Waals surface area contributed by atoms with Gasteiger partial charge in [0.15, 0.2) is 0 Å². The normalized spacial score (nSPS) is 12.1. The minimum Gasteiger partial charge on any atom is -0.548 e. The monoisotopic (exact) mass is 369 g/mol. The number of carboxylic acids is 1. The van der Waals surface area contributed by atoms with Crippen molar-refractivity contribution >= 4 is 23.9 Å². The van der Waals surface area contributed by atoms with Crippen LogP contribution in [0.15, 0.2) is 60.3 Å². The number of halogens is 1. The molecule has 2 aromatic carbocycles. The van der Waals surface area contributed by atoms with E-state index in [1.54, 1.807) is 30.3 Å². The standard InChI is InChI=1S/C20H19FN2O4/c1-13(24)22-17(11-15-7-9-16(21)10-8-15)19(25)23-18(20(26)27)12-14-5-3-2-4-6-14/h2-11,18H,12H2,1H3,(H,22,24)(H,23,25)(H,26,27)/p-1/b17-11-/t18-/m1/s1. The molecule has 6 nitrogen and oxygen atoms in total. The van der Waals surface area contributed by atoms with Gasteiger partial charge in [-0.25, -0.2) is 4.39 Å². The summed E-state index contributed by atoms with van der Waals surface area (Å²) >= 11 is 0. The van der Waals surface area contributed by atoms with Gasteiger partial charge in [-0.15, -0.1) is 0 Å². The Balaban J connectivity index is 2.21. The van der Waals surface area contributed by atoms with Crippen LogP contribution in [-0.2, 0) is 20.8 Å². The van der Waals surface area contributed by atoms with Gasteiger partial charge in [0.2, 0.25) is 5.91 Å². The highest BCUT2D eigenvalue weighted by Crippen LogP contribution is 2.09. The minimum absolute atomic E-state index is 0.0266. The van der Waals surface area contributed by atoms with Gasteiger partial charge in [0.1, 0.15) is 11.5 Å². The predicted octanol–water partition coefficient (Wildman–Crippen LogP) is 0.780. The maximum Gasteiger partial charge on any atom is 0.268 e. The Bertz CT molecular complexity index is 848. The largest absolute Gasteiger partial charge is 0.548 e. The van der Waals surface area contributed by atoms with Gasteiger partial charge in [-0.2, -0.15) is 0 Å². The minimum atomic E-state index is -1.45. The fourth-order valence-electron chi connectivity index (χ4n) is 2.35. The number of carbonyl (C=O) groups excluding carboxylic acids is 3. The predicted molar refractivity (Wildman–Crippen MR) is 95.3 cm³/mol. The molecule has 0 radical (unpaired) electrons. The summed E-state index contributed by atoms with van der Waals surface area (Å²) in [6.45, 7) is 1.21. The lowest BCUT2D eigenvalue weighted by atomic mass is 10.1. The van der Waals surface area contributed by atoms with Crippen LogP contribution in [0, 0.1) is 5.82 Å². The van der Waals surface area contributed by atoms with E-state index in [4.69, 9.17) is 0 Å². The molecule has 140 valence electrons. The van der Waals surface area contributed by atoms with Crippen molar-refractivity contribution in [3.63, 3.8) is 0 Å². The van der Waals surface area contributed by atoms with E-state index in [0.29, 0.717) is 11.1 Å². The number of carboxylic acid groups (broad SMARTS) is 1. The van der Waals surface area contributed by atoms with Gasteiger partial charge >= 0.3 is 0 Å². The number of hydrogen-bond donors (Lipinski definition) is 2. The van der Waals surface area contributed by atoms with E-state index in [-0.39, 0.29) is 12.1 Å². The van der Waals surface area contributed by atoms with Crippen LogP contribution in [0.25, 0.3) is 6.08 Å². The van der Waals surface area contributed by atoms with Crippen molar-refractivity contribution in [2.24, 2.45) is 0 Å². The van der Waals surface area contributed by atoms with E-state index in [0.717, 1.165) is 0 Å². The van der Waals surface area contributed by atoms with Crippen molar-refractivity contribution < 1.29 is 23.9 Å². The van der Waals surface area contributed by atoms with Gasteiger partial charge in [0.25, 0.3) is 5.91 Å². The Hall–Kier alpha value is -3.48. The zero-order valence-electron chi connectivity index (χ0n) is 14.6. The van der Waals surface area contributed by atoms with E-state index < -0.39 is 29.6 Å². The van der Waals surface area contributed by atoms with Crippen LogP contribution in [0.1, 0.15) is 18.1 Å². The first-order valence-corrected chi connectivity index (χ1v) is 8.15. The highest BCUT2D eigenvalue weighted by Gasteiger charge is 2.18. The Labute approximate surface area is 155 Å². The first-order valence-electron chi connectivity index (χ1n) is 8.15. The summed E-state index contributed by atoms with van der Waals surface area (Å²) < 4.78 is 13.0. The van der Waals surface area contributed by atoms with Crippen LogP contribution in [0.3, 0.4) is 0 Å². The molecule has 0 unspecified atom stereocenters. The van der Waals surface area contributed by atoms with Gasteiger partial charge in [0, 0.05) is 6.92 Å². The van der Waals surface area contributed by atoms with E-state index >= 15 is 0 Å². The topological polar surface area (TPSA) is 98.3 Å². The fourth-order valence-corrected chi connectivity index (χ4v) is 2.35. The van der Waals surface area contributed by atoms with E-state index in [9.17, 15) is 23.9 Å². The third-order valence-corrected chi connectivity index (χ3v) is 3.61. The van der Waals surface area contributed by atoms with Crippen LogP contribution in [0.5, 0.6) is 0 Å². The van der Waals surface area contributed by atoms with Crippen molar-refractivity contribution in [1.82, 2.24) is 10.6 Å². The number of carbonyl (C=O) groups is 3. The van der Waals surface area contributed by atoms with Crippen molar-refractivity contribution in [3.05, 3.63) is 77.2 Å². The van der Waals surface area contributed by atoms with Crippen LogP contribution < -0.4 is 15.7 Å². The summed E-state index contributed by atoms with van der Waals surface area (Å²) in [7, 11) is 0. The Morgan fingerprint density at radius 3 is 2.26 bits per heavy atom. The average molecular weight is 369 g/mol. The van der Waals surface area contributed by atoms with Crippen molar-refractivity contribution in [1.29, 1.82) is 0 Å². The third-order valence-electron chi connectivity index (χ3n) is 3.61. The molecule has 0 aliphatic heterocycles. The lowest BCUT2D eigenvalue weighted by Gasteiger charge is -2.21. The van der Waals surface area contributed by atoms with E-state index in [1.165, 1.54) is 37.3 Å². The SMILES string of the molecule is CC(=O)N/C(=C\c1ccc(F)cc1)C(=O)N[C@H](Cc1ccccc1)C(=O)[O-]. The van der Waals surface area contributed by atoms with Crippen molar-refractivity contribution in [2.75, 3.05) is 0 Å². The summed E-state index contributed by atoms with van der Waals surface area (Å²) in [4.78, 5) is 35.3. The molecular weight excluding hydrogens is 351 g/mol. The number of benzene rings is 2. The molecule has 0 aliphatic rings. The summed E-state index contributed by atoms with van der Waals surface area (Å²) in [6.07, 6.45) is 1.35. The smallest absolute Gasteiger partial charge is 0.268 e. The second kappa shape index (κ2) is 9.28. The van der Waals surface area contributed by atoms with E-state index in [2.05, 4.69) is 10.6 Å². The fraction of sp³-hybridized carbons (Fsp3) is 0.150. The molecule has 0 saturated carbocycles. The number of hydrogen-bond acceptors (Lipinski definition) is 4. The zero-order valence-corrected chi connectivity index (χ0v) is 14.6. The summed E-state index contributed by atoms with van der Waals surface area (Å²) in [6, 6.07) is 12.7. The highest BCUT2D eigenvalue weighted by molar-refractivity contribution is 6.02. The first kappa shape index (κ1) is 19.8. The molecule has 1 atom stereocenters. The molecule has 0 aromatic heterocycles. The molecule has 0 heterocycles. The van der Waals surface area contributed by atoms with Crippen molar-refractivity contribution in [2.45, 2.75) is 19.4 Å². The van der Waals surface area contributed by atoms with Gasteiger partial charge in [-0.05, 0) is 35.8 Å². The van der Waals surface area contributed by atoms with Crippen LogP contribution in [-0.4, -0.2) is 23.8 Å². The zero-order chi connectivity index (χ0) is 19.8. The quantitative estimate of drug-likeness (QED) is 0.705. The molecule has 0 bridgehead atoms. The number of aliphatic carboxylic acids is 1. The van der Waals surface area contributed by atoms with Crippen LogP contribution >= 0.6 is 0 Å². The molecule has 2 aromatic rings. The maximum atomic E-state index is 13.0. The summed E-state index contributed by atoms with van der Waals surface area (Å²) in [5.74, 6) is -3.19. The molecule has 2 amide bonds. The first-order chi connectivity index (χ1) is 12.8. The number of nitrogens with one attached hydrogen (secondary N) is 2. The third kappa shape index (κ3) is 6.39. The lowest BCUT2D eigenvalue weighted by Crippen LogP contribution is -2.50. The Morgan fingerprint density at radius 2 is 1.70 bits per heavy atom. The second-order valence-corrected chi connectivity index (χ2v) is 5.83. The van der Waals surface area contributed by atoms with Crippen LogP contribution in [0.4, 0.5) is 4.39 Å². The second-order valence-electron chi connectivity index (χ2n) is 5.83. The molecule has 27 heavy (non-hydrogen) atoms. The highest BCUT2D eigenvalue weighted by atomic mass is 19.1. The van der Waals surface area contributed by atoms with Crippen LogP contribution in [0.2, 0.25) is 0 Å². The Morgan fingerprint density at radius 1 is 1.07 bits per heavy atom. The molecule has 7 heteroatoms.